The van der Waals surface area contributed by atoms with Crippen molar-refractivity contribution < 1.29 is 0 Å². The molecule has 6 heteroatoms. The second-order valence-electron chi connectivity index (χ2n) is 7.65. The molecule has 3 heterocycles. The highest BCUT2D eigenvalue weighted by molar-refractivity contribution is 5.56. The van der Waals surface area contributed by atoms with Crippen molar-refractivity contribution in [3.63, 3.8) is 0 Å². The Morgan fingerprint density at radius 3 is 2.69 bits per heavy atom. The molecule has 6 nitrogen and oxygen atoms in total. The van der Waals surface area contributed by atoms with E-state index in [9.17, 15) is 0 Å². The van der Waals surface area contributed by atoms with Crippen LogP contribution in [0.2, 0.25) is 0 Å². The van der Waals surface area contributed by atoms with Crippen LogP contribution in [0.25, 0.3) is 11.3 Å². The molecular formula is C20H28N6. The van der Waals surface area contributed by atoms with Crippen molar-refractivity contribution in [2.24, 2.45) is 0 Å². The summed E-state index contributed by atoms with van der Waals surface area (Å²) in [6.45, 7) is 7.19. The van der Waals surface area contributed by atoms with Gasteiger partial charge in [0.05, 0.1) is 42.2 Å². The molecule has 0 amide bonds. The van der Waals surface area contributed by atoms with E-state index in [0.29, 0.717) is 6.04 Å². The van der Waals surface area contributed by atoms with Crippen LogP contribution in [0.4, 0.5) is 0 Å². The van der Waals surface area contributed by atoms with Crippen LogP contribution in [-0.4, -0.2) is 29.1 Å². The molecule has 1 atom stereocenters. The van der Waals surface area contributed by atoms with Gasteiger partial charge in [0.15, 0.2) is 0 Å². The average Bonchev–Trinajstić information content (AvgIpc) is 3.35. The Hall–Kier alpha value is -2.37. The van der Waals surface area contributed by atoms with Crippen molar-refractivity contribution in [3.05, 3.63) is 42.4 Å². The number of hydrogen-bond acceptors (Lipinski definition) is 3. The molecule has 26 heavy (non-hydrogen) atoms. The number of aromatic nitrogens is 6. The molecule has 1 fully saturated rings. The second-order valence-corrected chi connectivity index (χ2v) is 7.65. The third-order valence-electron chi connectivity index (χ3n) is 5.48. The van der Waals surface area contributed by atoms with Gasteiger partial charge in [-0.2, -0.15) is 10.2 Å². The van der Waals surface area contributed by atoms with E-state index in [-0.39, 0.29) is 6.04 Å². The zero-order valence-electron chi connectivity index (χ0n) is 16.0. The number of rotatable bonds is 5. The van der Waals surface area contributed by atoms with Crippen LogP contribution in [0.5, 0.6) is 0 Å². The highest BCUT2D eigenvalue weighted by Crippen LogP contribution is 2.29. The largest absolute Gasteiger partial charge is 0.328 e. The summed E-state index contributed by atoms with van der Waals surface area (Å²) in [5.74, 6) is 0. The normalized spacial score (nSPS) is 16.9. The summed E-state index contributed by atoms with van der Waals surface area (Å²) in [6.07, 6.45) is 14.5. The van der Waals surface area contributed by atoms with Crippen LogP contribution >= 0.6 is 0 Å². The third kappa shape index (κ3) is 3.32. The first kappa shape index (κ1) is 17.1. The molecule has 138 valence electrons. The minimum Gasteiger partial charge on any atom is -0.328 e. The number of hydrogen-bond donors (Lipinski definition) is 0. The van der Waals surface area contributed by atoms with Crippen molar-refractivity contribution in [1.82, 2.24) is 29.1 Å². The number of nitrogens with zero attached hydrogens (tertiary/aromatic N) is 6. The third-order valence-corrected chi connectivity index (χ3v) is 5.48. The molecule has 1 saturated carbocycles. The minimum absolute atomic E-state index is 0.269. The van der Waals surface area contributed by atoms with E-state index < -0.39 is 0 Å². The summed E-state index contributed by atoms with van der Waals surface area (Å²) in [5.41, 5.74) is 4.53. The van der Waals surface area contributed by atoms with Crippen molar-refractivity contribution in [2.45, 2.75) is 71.5 Å². The van der Waals surface area contributed by atoms with Crippen LogP contribution in [-0.2, 0) is 6.54 Å². The molecule has 3 aromatic rings. The monoisotopic (exact) mass is 352 g/mol. The van der Waals surface area contributed by atoms with Crippen LogP contribution in [0, 0.1) is 13.8 Å². The Labute approximate surface area is 154 Å². The summed E-state index contributed by atoms with van der Waals surface area (Å²) in [7, 11) is 0. The molecule has 4 rings (SSSR count). The van der Waals surface area contributed by atoms with E-state index in [4.69, 9.17) is 0 Å². The van der Waals surface area contributed by atoms with Gasteiger partial charge in [0.2, 0.25) is 0 Å². The quantitative estimate of drug-likeness (QED) is 0.687. The summed E-state index contributed by atoms with van der Waals surface area (Å²) >= 11 is 0. The van der Waals surface area contributed by atoms with Crippen LogP contribution < -0.4 is 0 Å². The Kier molecular flexibility index (Phi) is 4.66. The number of aryl methyl sites for hydroxylation is 2. The van der Waals surface area contributed by atoms with Gasteiger partial charge < -0.3 is 4.57 Å². The topological polar surface area (TPSA) is 53.5 Å². The van der Waals surface area contributed by atoms with E-state index in [0.717, 1.165) is 23.5 Å². The summed E-state index contributed by atoms with van der Waals surface area (Å²) < 4.78 is 6.48. The van der Waals surface area contributed by atoms with Crippen molar-refractivity contribution in [1.29, 1.82) is 0 Å². The zero-order chi connectivity index (χ0) is 18.1. The molecule has 1 unspecified atom stereocenters. The molecule has 1 aliphatic rings. The molecule has 0 aromatic carbocycles. The van der Waals surface area contributed by atoms with Crippen molar-refractivity contribution >= 4 is 0 Å². The van der Waals surface area contributed by atoms with E-state index >= 15 is 0 Å². The van der Waals surface area contributed by atoms with E-state index in [1.165, 1.54) is 37.8 Å². The van der Waals surface area contributed by atoms with Crippen LogP contribution in [0.1, 0.15) is 62.5 Å². The Morgan fingerprint density at radius 2 is 1.96 bits per heavy atom. The van der Waals surface area contributed by atoms with Gasteiger partial charge >= 0.3 is 0 Å². The Balaban J connectivity index is 1.53. The molecule has 0 spiro atoms. The highest BCUT2D eigenvalue weighted by Gasteiger charge is 2.18. The minimum atomic E-state index is 0.269. The van der Waals surface area contributed by atoms with Crippen molar-refractivity contribution in [3.8, 4) is 11.3 Å². The SMILES string of the molecule is Cc1cc(C)n(C(C)Cn2cncc2-c2cnn(C3CCCCC3)c2)n1. The Bertz CT molecular complexity index is 865. The van der Waals surface area contributed by atoms with Gasteiger partial charge in [-0.05, 0) is 39.7 Å². The number of imidazole rings is 1. The summed E-state index contributed by atoms with van der Waals surface area (Å²) in [5, 5.41) is 9.27. The van der Waals surface area contributed by atoms with Gasteiger partial charge in [0, 0.05) is 24.0 Å². The maximum absolute atomic E-state index is 4.65. The predicted molar refractivity (Wildman–Crippen MR) is 102 cm³/mol. The first-order chi connectivity index (χ1) is 12.6. The van der Waals surface area contributed by atoms with Gasteiger partial charge in [-0.1, -0.05) is 19.3 Å². The standard InChI is InChI=1S/C20H28N6/c1-15-9-16(2)26(23-15)17(3)12-24-14-21-11-20(24)18-10-22-25(13-18)19-7-5-4-6-8-19/h9-11,13-14,17,19H,4-8,12H2,1-3H3. The van der Waals surface area contributed by atoms with Crippen LogP contribution in [0.3, 0.4) is 0 Å². The molecule has 0 N–H and O–H groups in total. The molecule has 1 aliphatic carbocycles. The molecule has 0 saturated heterocycles. The predicted octanol–water partition coefficient (Wildman–Crippen LogP) is 4.33. The average molecular weight is 352 g/mol. The summed E-state index contributed by atoms with van der Waals surface area (Å²) in [6, 6.07) is 2.95. The van der Waals surface area contributed by atoms with Gasteiger partial charge in [0.25, 0.3) is 0 Å². The van der Waals surface area contributed by atoms with Crippen molar-refractivity contribution in [2.75, 3.05) is 0 Å². The zero-order valence-corrected chi connectivity index (χ0v) is 16.0. The Morgan fingerprint density at radius 1 is 1.15 bits per heavy atom. The van der Waals surface area contributed by atoms with E-state index in [1.54, 1.807) is 0 Å². The maximum Gasteiger partial charge on any atom is 0.0951 e. The van der Waals surface area contributed by atoms with Crippen LogP contribution in [0.15, 0.2) is 31.0 Å². The van der Waals surface area contributed by atoms with Gasteiger partial charge in [-0.25, -0.2) is 4.98 Å². The van der Waals surface area contributed by atoms with E-state index in [2.05, 4.69) is 55.2 Å². The fourth-order valence-corrected chi connectivity index (χ4v) is 4.18. The first-order valence-corrected chi connectivity index (χ1v) is 9.69. The lowest BCUT2D eigenvalue weighted by molar-refractivity contribution is 0.329. The molecule has 3 aromatic heterocycles. The lowest BCUT2D eigenvalue weighted by Crippen LogP contribution is -2.15. The first-order valence-electron chi connectivity index (χ1n) is 9.69. The highest BCUT2D eigenvalue weighted by atomic mass is 15.3. The lowest BCUT2D eigenvalue weighted by Gasteiger charge is -2.21. The smallest absolute Gasteiger partial charge is 0.0951 e. The molecule has 0 radical (unpaired) electrons. The summed E-state index contributed by atoms with van der Waals surface area (Å²) in [4.78, 5) is 4.39. The fourth-order valence-electron chi connectivity index (χ4n) is 4.18. The lowest BCUT2D eigenvalue weighted by atomic mass is 9.96. The second kappa shape index (κ2) is 7.09. The van der Waals surface area contributed by atoms with Gasteiger partial charge in [-0.15, -0.1) is 0 Å². The maximum atomic E-state index is 4.65. The van der Waals surface area contributed by atoms with Gasteiger partial charge in [0.1, 0.15) is 0 Å². The fraction of sp³-hybridized carbons (Fsp3) is 0.550. The molecule has 0 bridgehead atoms. The van der Waals surface area contributed by atoms with E-state index in [1.807, 2.05) is 25.6 Å². The molecular weight excluding hydrogens is 324 g/mol. The molecule has 0 aliphatic heterocycles. The van der Waals surface area contributed by atoms with Gasteiger partial charge in [-0.3, -0.25) is 9.36 Å².